The Hall–Kier alpha value is -2.43. The molecule has 102 valence electrons. The summed E-state index contributed by atoms with van der Waals surface area (Å²) in [6.45, 7) is 3.05. The van der Waals surface area contributed by atoms with E-state index in [4.69, 9.17) is 9.47 Å². The van der Waals surface area contributed by atoms with E-state index >= 15 is 0 Å². The number of nitrogens with zero attached hydrogens (tertiary/aromatic N) is 2. The van der Waals surface area contributed by atoms with E-state index in [0.29, 0.717) is 36.0 Å². The van der Waals surface area contributed by atoms with Crippen molar-refractivity contribution in [2.24, 2.45) is 0 Å². The van der Waals surface area contributed by atoms with Crippen LogP contribution in [0, 0.1) is 6.92 Å². The summed E-state index contributed by atoms with van der Waals surface area (Å²) in [5, 5.41) is 0. The Balaban J connectivity index is 1.92. The molecular weight excluding hydrogens is 256 g/mol. The van der Waals surface area contributed by atoms with Gasteiger partial charge in [-0.2, -0.15) is 0 Å². The molecular formula is C15H14N2O3. The Morgan fingerprint density at radius 3 is 2.65 bits per heavy atom. The van der Waals surface area contributed by atoms with Crippen LogP contribution in [-0.2, 0) is 0 Å². The lowest BCUT2D eigenvalue weighted by Gasteiger charge is -2.08. The molecule has 20 heavy (non-hydrogen) atoms. The molecule has 1 aliphatic rings. The summed E-state index contributed by atoms with van der Waals surface area (Å²) < 4.78 is 11.1. The molecule has 1 aromatic heterocycles. The highest BCUT2D eigenvalue weighted by Crippen LogP contribution is 2.30. The van der Waals surface area contributed by atoms with Gasteiger partial charge in [-0.05, 0) is 25.1 Å². The molecule has 0 bridgehead atoms. The first-order chi connectivity index (χ1) is 9.74. The predicted octanol–water partition coefficient (Wildman–Crippen LogP) is 2.18. The van der Waals surface area contributed by atoms with Crippen molar-refractivity contribution in [1.29, 1.82) is 0 Å². The highest BCUT2D eigenvalue weighted by Gasteiger charge is 2.16. The molecule has 2 heterocycles. The number of hydrogen-bond acceptors (Lipinski definition) is 5. The van der Waals surface area contributed by atoms with Crippen LogP contribution in [0.1, 0.15) is 28.2 Å². The highest BCUT2D eigenvalue weighted by molar-refractivity contribution is 6.07. The van der Waals surface area contributed by atoms with Gasteiger partial charge in [0.1, 0.15) is 5.69 Å². The van der Waals surface area contributed by atoms with E-state index in [1.165, 1.54) is 6.20 Å². The largest absolute Gasteiger partial charge is 0.490 e. The number of ether oxygens (including phenoxy) is 2. The predicted molar refractivity (Wildman–Crippen MR) is 72.3 cm³/mol. The molecule has 0 saturated carbocycles. The van der Waals surface area contributed by atoms with Crippen LogP contribution in [0.3, 0.4) is 0 Å². The molecule has 0 unspecified atom stereocenters. The molecule has 0 radical (unpaired) electrons. The first kappa shape index (κ1) is 12.6. The average Bonchev–Trinajstić information content (AvgIpc) is 2.71. The van der Waals surface area contributed by atoms with Crippen LogP contribution in [0.5, 0.6) is 11.5 Å². The lowest BCUT2D eigenvalue weighted by Crippen LogP contribution is -2.05. The molecule has 0 fully saturated rings. The molecule has 0 aliphatic carbocycles. The minimum atomic E-state index is -0.173. The Kier molecular flexibility index (Phi) is 3.33. The highest BCUT2D eigenvalue weighted by atomic mass is 16.5. The van der Waals surface area contributed by atoms with Crippen molar-refractivity contribution in [2.75, 3.05) is 13.2 Å². The molecule has 0 saturated heterocycles. The third kappa shape index (κ3) is 2.47. The van der Waals surface area contributed by atoms with Gasteiger partial charge in [0.05, 0.1) is 25.1 Å². The zero-order valence-electron chi connectivity index (χ0n) is 11.1. The van der Waals surface area contributed by atoms with Crippen molar-refractivity contribution in [3.05, 3.63) is 47.5 Å². The van der Waals surface area contributed by atoms with Gasteiger partial charge in [-0.3, -0.25) is 9.78 Å². The molecule has 1 aromatic carbocycles. The van der Waals surface area contributed by atoms with Crippen molar-refractivity contribution in [3.8, 4) is 11.5 Å². The average molecular weight is 270 g/mol. The maximum atomic E-state index is 12.3. The minimum Gasteiger partial charge on any atom is -0.490 e. The van der Waals surface area contributed by atoms with E-state index < -0.39 is 0 Å². The number of carbonyl (C=O) groups is 1. The van der Waals surface area contributed by atoms with Gasteiger partial charge in [0.25, 0.3) is 0 Å². The first-order valence-corrected chi connectivity index (χ1v) is 6.47. The summed E-state index contributed by atoms with van der Waals surface area (Å²) in [7, 11) is 0. The molecule has 2 aromatic rings. The van der Waals surface area contributed by atoms with Gasteiger partial charge >= 0.3 is 0 Å². The minimum absolute atomic E-state index is 0.173. The van der Waals surface area contributed by atoms with Crippen LogP contribution in [0.25, 0.3) is 0 Å². The first-order valence-electron chi connectivity index (χ1n) is 6.47. The molecule has 0 N–H and O–H groups in total. The SMILES string of the molecule is Cc1cnc(C(=O)c2ccc3c(c2)OCCCO3)cn1. The molecule has 0 spiro atoms. The van der Waals surface area contributed by atoms with Crippen molar-refractivity contribution in [1.82, 2.24) is 9.97 Å². The topological polar surface area (TPSA) is 61.3 Å². The molecule has 5 nitrogen and oxygen atoms in total. The van der Waals surface area contributed by atoms with E-state index in [2.05, 4.69) is 9.97 Å². The maximum absolute atomic E-state index is 12.3. The van der Waals surface area contributed by atoms with Gasteiger partial charge in [-0.1, -0.05) is 0 Å². The number of hydrogen-bond donors (Lipinski definition) is 0. The third-order valence-electron chi connectivity index (χ3n) is 3.02. The van der Waals surface area contributed by atoms with Gasteiger partial charge in [-0.15, -0.1) is 0 Å². The Labute approximate surface area is 116 Å². The van der Waals surface area contributed by atoms with Crippen LogP contribution in [0.4, 0.5) is 0 Å². The number of aryl methyl sites for hydroxylation is 1. The van der Waals surface area contributed by atoms with E-state index in [0.717, 1.165) is 12.1 Å². The van der Waals surface area contributed by atoms with Gasteiger partial charge in [0.2, 0.25) is 5.78 Å². The van der Waals surface area contributed by atoms with Crippen LogP contribution in [-0.4, -0.2) is 29.0 Å². The standard InChI is InChI=1S/C15H14N2O3/c1-10-8-17-12(9-16-10)15(18)11-3-4-13-14(7-11)20-6-2-5-19-13/h3-4,7-9H,2,5-6H2,1H3. The number of ketones is 1. The lowest BCUT2D eigenvalue weighted by atomic mass is 10.1. The number of aromatic nitrogens is 2. The Bertz CT molecular complexity index is 638. The van der Waals surface area contributed by atoms with Crippen LogP contribution >= 0.6 is 0 Å². The van der Waals surface area contributed by atoms with Gasteiger partial charge in [-0.25, -0.2) is 4.98 Å². The second kappa shape index (κ2) is 5.28. The quantitative estimate of drug-likeness (QED) is 0.783. The summed E-state index contributed by atoms with van der Waals surface area (Å²) in [5.41, 5.74) is 1.62. The molecule has 0 atom stereocenters. The summed E-state index contributed by atoms with van der Waals surface area (Å²) in [6.07, 6.45) is 3.90. The normalized spacial score (nSPS) is 13.7. The maximum Gasteiger partial charge on any atom is 0.213 e. The number of fused-ring (bicyclic) bond motifs is 1. The monoisotopic (exact) mass is 270 g/mol. The summed E-state index contributed by atoms with van der Waals surface area (Å²) in [6, 6.07) is 5.18. The summed E-state index contributed by atoms with van der Waals surface area (Å²) in [4.78, 5) is 20.5. The van der Waals surface area contributed by atoms with Crippen molar-refractivity contribution in [2.45, 2.75) is 13.3 Å². The molecule has 0 amide bonds. The second-order valence-corrected chi connectivity index (χ2v) is 4.58. The third-order valence-corrected chi connectivity index (χ3v) is 3.02. The van der Waals surface area contributed by atoms with E-state index in [1.54, 1.807) is 24.4 Å². The van der Waals surface area contributed by atoms with Crippen molar-refractivity contribution in [3.63, 3.8) is 0 Å². The van der Waals surface area contributed by atoms with Crippen LogP contribution in [0.15, 0.2) is 30.6 Å². The lowest BCUT2D eigenvalue weighted by molar-refractivity contribution is 0.103. The smallest absolute Gasteiger partial charge is 0.213 e. The number of carbonyl (C=O) groups excluding carboxylic acids is 1. The van der Waals surface area contributed by atoms with Gasteiger partial charge in [0, 0.05) is 18.2 Å². The van der Waals surface area contributed by atoms with Crippen molar-refractivity contribution < 1.29 is 14.3 Å². The van der Waals surface area contributed by atoms with Gasteiger partial charge in [0.15, 0.2) is 11.5 Å². The van der Waals surface area contributed by atoms with Crippen LogP contribution < -0.4 is 9.47 Å². The number of benzene rings is 1. The van der Waals surface area contributed by atoms with Crippen LogP contribution in [0.2, 0.25) is 0 Å². The summed E-state index contributed by atoms with van der Waals surface area (Å²) in [5.74, 6) is 1.11. The van der Waals surface area contributed by atoms with E-state index in [1.807, 2.05) is 6.92 Å². The second-order valence-electron chi connectivity index (χ2n) is 4.58. The molecule has 5 heteroatoms. The molecule has 3 rings (SSSR count). The zero-order chi connectivity index (χ0) is 13.9. The fraction of sp³-hybridized carbons (Fsp3) is 0.267. The summed E-state index contributed by atoms with van der Waals surface area (Å²) >= 11 is 0. The number of rotatable bonds is 2. The Morgan fingerprint density at radius 2 is 1.90 bits per heavy atom. The fourth-order valence-corrected chi connectivity index (χ4v) is 1.96. The fourth-order valence-electron chi connectivity index (χ4n) is 1.96. The Morgan fingerprint density at radius 1 is 1.10 bits per heavy atom. The van der Waals surface area contributed by atoms with Crippen molar-refractivity contribution >= 4 is 5.78 Å². The van der Waals surface area contributed by atoms with Gasteiger partial charge < -0.3 is 9.47 Å². The zero-order valence-corrected chi connectivity index (χ0v) is 11.1. The molecule has 1 aliphatic heterocycles. The van der Waals surface area contributed by atoms with E-state index in [9.17, 15) is 4.79 Å². The van der Waals surface area contributed by atoms with E-state index in [-0.39, 0.29) is 5.78 Å².